The van der Waals surface area contributed by atoms with Crippen molar-refractivity contribution in [2.45, 2.75) is 26.3 Å². The van der Waals surface area contributed by atoms with Gasteiger partial charge in [0.05, 0.1) is 5.69 Å². The lowest BCUT2D eigenvalue weighted by Crippen LogP contribution is -2.52. The minimum absolute atomic E-state index is 0.157. The molecule has 2 N–H and O–H groups in total. The molecular weight excluding hydrogens is 352 g/mol. The fourth-order valence-electron chi connectivity index (χ4n) is 3.14. The maximum atomic E-state index is 13.7. The van der Waals surface area contributed by atoms with Crippen LogP contribution in [0.25, 0.3) is 0 Å². The lowest BCUT2D eigenvalue weighted by molar-refractivity contribution is -0.121. The number of hydrogen-bond acceptors (Lipinski definition) is 2. The molecule has 2 aromatic rings. The number of carbonyl (C=O) groups excluding carboxylic acids is 2. The van der Waals surface area contributed by atoms with Crippen LogP contribution in [-0.4, -0.2) is 24.5 Å². The van der Waals surface area contributed by atoms with Gasteiger partial charge in [0.1, 0.15) is 17.7 Å². The number of para-hydroxylation sites is 1. The molecule has 1 heterocycles. The summed E-state index contributed by atoms with van der Waals surface area (Å²) in [6, 6.07) is 9.01. The van der Waals surface area contributed by atoms with Gasteiger partial charge >= 0.3 is 6.03 Å². The van der Waals surface area contributed by atoms with Gasteiger partial charge in [0.15, 0.2) is 0 Å². The number of carbonyl (C=O) groups is 2. The fourth-order valence-corrected chi connectivity index (χ4v) is 3.14. The smallest absolute Gasteiger partial charge is 0.319 e. The summed E-state index contributed by atoms with van der Waals surface area (Å²) >= 11 is 0. The molecule has 5 nitrogen and oxygen atoms in total. The quantitative estimate of drug-likeness (QED) is 0.858. The fraction of sp³-hybridized carbons (Fsp3) is 0.300. The third-order valence-corrected chi connectivity index (χ3v) is 4.55. The molecule has 0 radical (unpaired) electrons. The molecule has 0 saturated heterocycles. The average Bonchev–Trinajstić information content (AvgIpc) is 3.05. The van der Waals surface area contributed by atoms with Crippen LogP contribution < -0.4 is 15.5 Å². The van der Waals surface area contributed by atoms with Crippen LogP contribution >= 0.6 is 0 Å². The van der Waals surface area contributed by atoms with Gasteiger partial charge in [0.25, 0.3) is 0 Å². The van der Waals surface area contributed by atoms with Crippen LogP contribution in [0.4, 0.5) is 25.0 Å². The molecule has 1 atom stereocenters. The molecule has 27 heavy (non-hydrogen) atoms. The molecule has 3 amide bonds. The standard InChI is InChI=1S/C20H21F2N3O2/c1-12(2)18(19(26)25-10-9-13-5-3-4-6-17(13)25)24-20(27)23-16-8-7-14(21)11-15(16)22/h3-8,11-12,18H,9-10H2,1-2H3,(H2,23,24,27)/t18-/m0/s1. The zero-order chi connectivity index (χ0) is 19.6. The molecule has 0 aliphatic carbocycles. The third-order valence-electron chi connectivity index (χ3n) is 4.55. The van der Waals surface area contributed by atoms with E-state index in [1.54, 1.807) is 4.90 Å². The first-order valence-electron chi connectivity index (χ1n) is 8.78. The van der Waals surface area contributed by atoms with Crippen molar-refractivity contribution in [3.63, 3.8) is 0 Å². The van der Waals surface area contributed by atoms with Gasteiger partial charge in [0.2, 0.25) is 5.91 Å². The Balaban J connectivity index is 1.72. The number of fused-ring (bicyclic) bond motifs is 1. The van der Waals surface area contributed by atoms with E-state index >= 15 is 0 Å². The van der Waals surface area contributed by atoms with Gasteiger partial charge < -0.3 is 15.5 Å². The Morgan fingerprint density at radius 2 is 1.85 bits per heavy atom. The SMILES string of the molecule is CC(C)[C@H](NC(=O)Nc1ccc(F)cc1F)C(=O)N1CCc2ccccc21. The number of amides is 3. The van der Waals surface area contributed by atoms with E-state index in [1.165, 1.54) is 0 Å². The molecule has 0 spiro atoms. The molecule has 7 heteroatoms. The highest BCUT2D eigenvalue weighted by atomic mass is 19.1. The van der Waals surface area contributed by atoms with E-state index in [9.17, 15) is 18.4 Å². The molecule has 142 valence electrons. The number of rotatable bonds is 4. The van der Waals surface area contributed by atoms with E-state index < -0.39 is 23.7 Å². The number of anilines is 2. The number of urea groups is 1. The molecule has 0 saturated carbocycles. The van der Waals surface area contributed by atoms with Crippen LogP contribution in [0.3, 0.4) is 0 Å². The summed E-state index contributed by atoms with van der Waals surface area (Å²) in [6.45, 7) is 4.20. The highest BCUT2D eigenvalue weighted by Crippen LogP contribution is 2.28. The average molecular weight is 373 g/mol. The molecule has 1 aliphatic rings. The van der Waals surface area contributed by atoms with Gasteiger partial charge in [-0.1, -0.05) is 32.0 Å². The second kappa shape index (κ2) is 7.73. The van der Waals surface area contributed by atoms with E-state index in [2.05, 4.69) is 10.6 Å². The largest absolute Gasteiger partial charge is 0.326 e. The molecule has 0 fully saturated rings. The van der Waals surface area contributed by atoms with Crippen LogP contribution in [0.2, 0.25) is 0 Å². The summed E-state index contributed by atoms with van der Waals surface area (Å²) in [6.07, 6.45) is 0.764. The molecule has 3 rings (SSSR count). The van der Waals surface area contributed by atoms with E-state index in [0.29, 0.717) is 12.6 Å². The summed E-state index contributed by atoms with van der Waals surface area (Å²) in [5.41, 5.74) is 1.78. The summed E-state index contributed by atoms with van der Waals surface area (Å²) in [5, 5.41) is 4.94. The number of benzene rings is 2. The van der Waals surface area contributed by atoms with Gasteiger partial charge in [-0.25, -0.2) is 13.6 Å². The van der Waals surface area contributed by atoms with Crippen molar-refractivity contribution >= 4 is 23.3 Å². The van der Waals surface area contributed by atoms with E-state index in [1.807, 2.05) is 38.1 Å². The number of nitrogens with one attached hydrogen (secondary N) is 2. The molecule has 0 bridgehead atoms. The van der Waals surface area contributed by atoms with Gasteiger partial charge in [-0.15, -0.1) is 0 Å². The van der Waals surface area contributed by atoms with Crippen molar-refractivity contribution in [3.8, 4) is 0 Å². The maximum Gasteiger partial charge on any atom is 0.319 e. The minimum atomic E-state index is -0.883. The molecule has 0 aromatic heterocycles. The first-order valence-corrected chi connectivity index (χ1v) is 8.78. The van der Waals surface area contributed by atoms with Gasteiger partial charge in [-0.05, 0) is 36.1 Å². The number of hydrogen-bond donors (Lipinski definition) is 2. The lowest BCUT2D eigenvalue weighted by Gasteiger charge is -2.27. The van der Waals surface area contributed by atoms with Gasteiger partial charge in [-0.3, -0.25) is 4.79 Å². The summed E-state index contributed by atoms with van der Waals surface area (Å²) in [7, 11) is 0. The van der Waals surface area contributed by atoms with Crippen molar-refractivity contribution in [1.82, 2.24) is 5.32 Å². The van der Waals surface area contributed by atoms with Crippen molar-refractivity contribution < 1.29 is 18.4 Å². The number of halogens is 2. The Bertz CT molecular complexity index is 870. The molecule has 0 unspecified atom stereocenters. The first kappa shape index (κ1) is 18.8. The Labute approximate surface area is 156 Å². The lowest BCUT2D eigenvalue weighted by atomic mass is 10.0. The Morgan fingerprint density at radius 3 is 2.56 bits per heavy atom. The third kappa shape index (κ3) is 4.07. The molecule has 1 aliphatic heterocycles. The predicted molar refractivity (Wildman–Crippen MR) is 99.6 cm³/mol. The minimum Gasteiger partial charge on any atom is -0.326 e. The Kier molecular flexibility index (Phi) is 5.39. The van der Waals surface area contributed by atoms with Crippen LogP contribution in [0.15, 0.2) is 42.5 Å². The summed E-state index contributed by atoms with van der Waals surface area (Å²) in [5.74, 6) is -2.01. The summed E-state index contributed by atoms with van der Waals surface area (Å²) in [4.78, 5) is 27.0. The van der Waals surface area contributed by atoms with Crippen molar-refractivity contribution in [3.05, 3.63) is 59.7 Å². The zero-order valence-electron chi connectivity index (χ0n) is 15.1. The van der Waals surface area contributed by atoms with Crippen molar-refractivity contribution in [2.24, 2.45) is 5.92 Å². The van der Waals surface area contributed by atoms with Crippen molar-refractivity contribution in [1.29, 1.82) is 0 Å². The summed E-state index contributed by atoms with van der Waals surface area (Å²) < 4.78 is 26.7. The van der Waals surface area contributed by atoms with Crippen LogP contribution in [0, 0.1) is 17.6 Å². The highest BCUT2D eigenvalue weighted by Gasteiger charge is 2.32. The predicted octanol–water partition coefficient (Wildman–Crippen LogP) is 3.70. The van der Waals surface area contributed by atoms with Crippen LogP contribution in [-0.2, 0) is 11.2 Å². The number of nitrogens with zero attached hydrogens (tertiary/aromatic N) is 1. The normalized spacial score (nSPS) is 14.0. The van der Waals surface area contributed by atoms with E-state index in [4.69, 9.17) is 0 Å². The molecule has 2 aromatic carbocycles. The van der Waals surface area contributed by atoms with E-state index in [0.717, 1.165) is 29.8 Å². The Morgan fingerprint density at radius 1 is 1.11 bits per heavy atom. The second-order valence-electron chi connectivity index (χ2n) is 6.81. The van der Waals surface area contributed by atoms with E-state index in [-0.39, 0.29) is 17.5 Å². The van der Waals surface area contributed by atoms with Crippen LogP contribution in [0.1, 0.15) is 19.4 Å². The van der Waals surface area contributed by atoms with Crippen LogP contribution in [0.5, 0.6) is 0 Å². The monoisotopic (exact) mass is 373 g/mol. The highest BCUT2D eigenvalue weighted by molar-refractivity contribution is 6.02. The topological polar surface area (TPSA) is 61.4 Å². The first-order chi connectivity index (χ1) is 12.9. The van der Waals surface area contributed by atoms with Crippen molar-refractivity contribution in [2.75, 3.05) is 16.8 Å². The van der Waals surface area contributed by atoms with Gasteiger partial charge in [-0.2, -0.15) is 0 Å². The zero-order valence-corrected chi connectivity index (χ0v) is 15.1. The van der Waals surface area contributed by atoms with Gasteiger partial charge in [0, 0.05) is 18.3 Å². The molecular formula is C20H21F2N3O2. The Hall–Kier alpha value is -2.96. The second-order valence-corrected chi connectivity index (χ2v) is 6.81. The maximum absolute atomic E-state index is 13.7.